The Hall–Kier alpha value is -3.18. The normalized spacial score (nSPS) is 14.8. The van der Waals surface area contributed by atoms with Gasteiger partial charge in [-0.25, -0.2) is 13.1 Å². The second-order valence-electron chi connectivity index (χ2n) is 7.21. The average Bonchev–Trinajstić information content (AvgIpc) is 2.79. The molecule has 0 unspecified atom stereocenters. The van der Waals surface area contributed by atoms with Crippen molar-refractivity contribution < 1.29 is 27.6 Å². The summed E-state index contributed by atoms with van der Waals surface area (Å²) in [5.74, 6) is -0.0942. The number of amides is 1. The molecule has 3 rings (SSSR count). The third-order valence-electron chi connectivity index (χ3n) is 5.17. The molecular weight excluding hydrogens is 438 g/mol. The standard InChI is InChI=1S/C21H25N3O7S/c1-3-31-20-13-17(18(24(26)27)14-19(20)30-2)21(25)23-11-9-15(10-12-23)22-32(28,29)16-7-5-4-6-8-16/h4-8,13-15,22H,3,9-12H2,1-2H3. The molecule has 0 atom stereocenters. The highest BCUT2D eigenvalue weighted by atomic mass is 32.2. The molecule has 11 heteroatoms. The topological polar surface area (TPSA) is 128 Å². The molecule has 1 amide bonds. The van der Waals surface area contributed by atoms with Crippen LogP contribution in [0.4, 0.5) is 5.69 Å². The SMILES string of the molecule is CCOc1cc(C(=O)N2CCC(NS(=O)(=O)c3ccccc3)CC2)c([N+](=O)[O-])cc1OC. The second kappa shape index (κ2) is 9.96. The Morgan fingerprint density at radius 1 is 1.19 bits per heavy atom. The average molecular weight is 464 g/mol. The first-order valence-corrected chi connectivity index (χ1v) is 11.6. The smallest absolute Gasteiger partial charge is 0.286 e. The molecule has 0 radical (unpaired) electrons. The molecule has 1 aliphatic rings. The lowest BCUT2D eigenvalue weighted by Crippen LogP contribution is -2.46. The van der Waals surface area contributed by atoms with Crippen molar-refractivity contribution in [2.75, 3.05) is 26.8 Å². The predicted molar refractivity (Wildman–Crippen MR) is 117 cm³/mol. The molecule has 0 saturated carbocycles. The van der Waals surface area contributed by atoms with Gasteiger partial charge in [0.2, 0.25) is 10.0 Å². The summed E-state index contributed by atoms with van der Waals surface area (Å²) in [6, 6.07) is 10.2. The Kier molecular flexibility index (Phi) is 7.31. The van der Waals surface area contributed by atoms with Crippen LogP contribution in [0.3, 0.4) is 0 Å². The number of benzene rings is 2. The number of piperidine rings is 1. The summed E-state index contributed by atoms with van der Waals surface area (Å²) in [4.78, 5) is 25.7. The highest BCUT2D eigenvalue weighted by Crippen LogP contribution is 2.35. The van der Waals surface area contributed by atoms with Gasteiger partial charge in [0.15, 0.2) is 11.5 Å². The van der Waals surface area contributed by atoms with E-state index in [1.54, 1.807) is 25.1 Å². The van der Waals surface area contributed by atoms with E-state index >= 15 is 0 Å². The lowest BCUT2D eigenvalue weighted by Gasteiger charge is -2.32. The highest BCUT2D eigenvalue weighted by Gasteiger charge is 2.31. The number of rotatable bonds is 8. The number of methoxy groups -OCH3 is 1. The first kappa shape index (κ1) is 23.5. The second-order valence-corrected chi connectivity index (χ2v) is 8.93. The first-order valence-electron chi connectivity index (χ1n) is 10.1. The summed E-state index contributed by atoms with van der Waals surface area (Å²) in [5.41, 5.74) is -0.468. The Morgan fingerprint density at radius 2 is 1.84 bits per heavy atom. The van der Waals surface area contributed by atoms with Crippen LogP contribution in [0.2, 0.25) is 0 Å². The van der Waals surface area contributed by atoms with E-state index in [1.807, 2.05) is 0 Å². The van der Waals surface area contributed by atoms with Crippen molar-refractivity contribution in [2.45, 2.75) is 30.7 Å². The molecule has 32 heavy (non-hydrogen) atoms. The lowest BCUT2D eigenvalue weighted by atomic mass is 10.0. The maximum Gasteiger partial charge on any atom is 0.286 e. The number of nitro groups is 1. The van der Waals surface area contributed by atoms with E-state index in [9.17, 15) is 23.3 Å². The fourth-order valence-corrected chi connectivity index (χ4v) is 4.88. The van der Waals surface area contributed by atoms with Gasteiger partial charge in [-0.3, -0.25) is 14.9 Å². The van der Waals surface area contributed by atoms with Crippen LogP contribution >= 0.6 is 0 Å². The van der Waals surface area contributed by atoms with E-state index in [4.69, 9.17) is 9.47 Å². The molecule has 1 aliphatic heterocycles. The van der Waals surface area contributed by atoms with Gasteiger partial charge in [0.1, 0.15) is 5.56 Å². The molecule has 1 N–H and O–H groups in total. The van der Waals surface area contributed by atoms with Gasteiger partial charge in [-0.05, 0) is 31.9 Å². The van der Waals surface area contributed by atoms with Crippen molar-refractivity contribution in [3.05, 3.63) is 58.1 Å². The van der Waals surface area contributed by atoms with E-state index < -0.39 is 20.9 Å². The van der Waals surface area contributed by atoms with Crippen LogP contribution in [-0.2, 0) is 10.0 Å². The number of nitrogens with one attached hydrogen (secondary N) is 1. The summed E-state index contributed by atoms with van der Waals surface area (Å²) >= 11 is 0. The largest absolute Gasteiger partial charge is 0.493 e. The number of carbonyl (C=O) groups excluding carboxylic acids is 1. The van der Waals surface area contributed by atoms with E-state index in [0.29, 0.717) is 19.4 Å². The van der Waals surface area contributed by atoms with Gasteiger partial charge in [-0.2, -0.15) is 0 Å². The van der Waals surface area contributed by atoms with Crippen LogP contribution in [0.25, 0.3) is 0 Å². The Bertz CT molecular complexity index is 1080. The number of sulfonamides is 1. The Labute approximate surface area is 186 Å². The summed E-state index contributed by atoms with van der Waals surface area (Å²) < 4.78 is 38.3. The third-order valence-corrected chi connectivity index (χ3v) is 6.70. The van der Waals surface area contributed by atoms with Crippen LogP contribution < -0.4 is 14.2 Å². The summed E-state index contributed by atoms with van der Waals surface area (Å²) in [5, 5.41) is 11.6. The maximum atomic E-state index is 13.1. The van der Waals surface area contributed by atoms with Crippen molar-refractivity contribution in [3.63, 3.8) is 0 Å². The minimum atomic E-state index is -3.66. The van der Waals surface area contributed by atoms with Gasteiger partial charge in [0.25, 0.3) is 11.6 Å². The van der Waals surface area contributed by atoms with E-state index in [2.05, 4.69) is 4.72 Å². The van der Waals surface area contributed by atoms with Crippen LogP contribution in [0, 0.1) is 10.1 Å². The first-order chi connectivity index (χ1) is 15.3. The van der Waals surface area contributed by atoms with Crippen molar-refractivity contribution in [1.29, 1.82) is 0 Å². The number of nitrogens with zero attached hydrogens (tertiary/aromatic N) is 2. The van der Waals surface area contributed by atoms with E-state index in [1.165, 1.54) is 36.3 Å². The summed E-state index contributed by atoms with van der Waals surface area (Å²) in [6.45, 7) is 2.57. The van der Waals surface area contributed by atoms with Gasteiger partial charge in [-0.1, -0.05) is 18.2 Å². The summed E-state index contributed by atoms with van der Waals surface area (Å²) in [7, 11) is -2.30. The van der Waals surface area contributed by atoms with Gasteiger partial charge in [-0.15, -0.1) is 0 Å². The number of hydrogen-bond acceptors (Lipinski definition) is 7. The molecule has 0 aromatic heterocycles. The highest BCUT2D eigenvalue weighted by molar-refractivity contribution is 7.89. The third kappa shape index (κ3) is 5.17. The van der Waals surface area contributed by atoms with Gasteiger partial charge < -0.3 is 14.4 Å². The van der Waals surface area contributed by atoms with Crippen LogP contribution in [0.5, 0.6) is 11.5 Å². The monoisotopic (exact) mass is 463 g/mol. The molecule has 1 saturated heterocycles. The number of likely N-dealkylation sites (tertiary alicyclic amines) is 1. The molecule has 2 aromatic rings. The molecule has 10 nitrogen and oxygen atoms in total. The molecule has 2 aromatic carbocycles. The van der Waals surface area contributed by atoms with E-state index in [-0.39, 0.29) is 46.8 Å². The molecule has 172 valence electrons. The molecular formula is C21H25N3O7S. The van der Waals surface area contributed by atoms with Crippen molar-refractivity contribution in [2.24, 2.45) is 0 Å². The molecule has 1 heterocycles. The van der Waals surface area contributed by atoms with Crippen LogP contribution in [0.15, 0.2) is 47.4 Å². The fourth-order valence-electron chi connectivity index (χ4n) is 3.56. The Balaban J connectivity index is 1.74. The van der Waals surface area contributed by atoms with Gasteiger partial charge in [0.05, 0.1) is 29.6 Å². The minimum absolute atomic E-state index is 0.0948. The minimum Gasteiger partial charge on any atom is -0.493 e. The van der Waals surface area contributed by atoms with Crippen LogP contribution in [-0.4, -0.2) is 57.0 Å². The number of nitro benzene ring substituents is 1. The maximum absolute atomic E-state index is 13.1. The van der Waals surface area contributed by atoms with Crippen LogP contribution in [0.1, 0.15) is 30.1 Å². The van der Waals surface area contributed by atoms with Gasteiger partial charge >= 0.3 is 0 Å². The number of carbonyl (C=O) groups is 1. The summed E-state index contributed by atoms with van der Waals surface area (Å²) in [6.07, 6.45) is 0.778. The van der Waals surface area contributed by atoms with Crippen molar-refractivity contribution in [1.82, 2.24) is 9.62 Å². The fraction of sp³-hybridized carbons (Fsp3) is 0.381. The van der Waals surface area contributed by atoms with Gasteiger partial charge in [0, 0.05) is 25.2 Å². The lowest BCUT2D eigenvalue weighted by molar-refractivity contribution is -0.385. The number of hydrogen-bond donors (Lipinski definition) is 1. The molecule has 0 bridgehead atoms. The van der Waals surface area contributed by atoms with Crippen molar-refractivity contribution >= 4 is 21.6 Å². The zero-order valence-corrected chi connectivity index (χ0v) is 18.6. The zero-order valence-electron chi connectivity index (χ0n) is 17.8. The molecule has 0 aliphatic carbocycles. The quantitative estimate of drug-likeness (QED) is 0.471. The Morgan fingerprint density at radius 3 is 2.41 bits per heavy atom. The van der Waals surface area contributed by atoms with Crippen molar-refractivity contribution in [3.8, 4) is 11.5 Å². The van der Waals surface area contributed by atoms with E-state index in [0.717, 1.165) is 0 Å². The predicted octanol–water partition coefficient (Wildman–Crippen LogP) is 2.59. The molecule has 0 spiro atoms. The number of ether oxygens (including phenoxy) is 2. The zero-order chi connectivity index (χ0) is 23.3. The molecule has 1 fully saturated rings.